The third kappa shape index (κ3) is 2.04. The predicted octanol–water partition coefficient (Wildman–Crippen LogP) is 2.84. The average molecular weight is 239 g/mol. The van der Waals surface area contributed by atoms with Gasteiger partial charge in [0.25, 0.3) is 0 Å². The van der Waals surface area contributed by atoms with E-state index < -0.39 is 0 Å². The van der Waals surface area contributed by atoms with Crippen molar-refractivity contribution >= 4 is 17.3 Å². The van der Waals surface area contributed by atoms with Crippen LogP contribution in [0.15, 0.2) is 18.2 Å². The van der Waals surface area contributed by atoms with Crippen LogP contribution in [-0.4, -0.2) is 25.2 Å². The highest BCUT2D eigenvalue weighted by atomic mass is 35.5. The molecule has 0 unspecified atom stereocenters. The van der Waals surface area contributed by atoms with Gasteiger partial charge in [0.1, 0.15) is 0 Å². The first-order chi connectivity index (χ1) is 7.61. The Morgan fingerprint density at radius 3 is 2.50 bits per heavy atom. The van der Waals surface area contributed by atoms with Gasteiger partial charge in [0.2, 0.25) is 0 Å². The first-order valence-electron chi connectivity index (χ1n) is 5.85. The standard InChI is InChI=1S/C13H19ClN2/c1-9-7-15-8-10(2)16(9)13-6-4-5-12(14)11(13)3/h4-6,9-10,15H,7-8H2,1-3H3/t9-,10-/m1/s1. The van der Waals surface area contributed by atoms with Crippen LogP contribution in [0.1, 0.15) is 19.4 Å². The van der Waals surface area contributed by atoms with Crippen LogP contribution in [0.5, 0.6) is 0 Å². The summed E-state index contributed by atoms with van der Waals surface area (Å²) in [5, 5.41) is 4.30. The number of hydrogen-bond acceptors (Lipinski definition) is 2. The maximum absolute atomic E-state index is 6.19. The van der Waals surface area contributed by atoms with Crippen LogP contribution in [0, 0.1) is 6.92 Å². The molecular weight excluding hydrogens is 220 g/mol. The summed E-state index contributed by atoms with van der Waals surface area (Å²) < 4.78 is 0. The van der Waals surface area contributed by atoms with E-state index in [1.54, 1.807) is 0 Å². The molecular formula is C13H19ClN2. The fourth-order valence-corrected chi connectivity index (χ4v) is 2.65. The minimum absolute atomic E-state index is 0.515. The third-order valence-corrected chi connectivity index (χ3v) is 3.76. The van der Waals surface area contributed by atoms with E-state index in [9.17, 15) is 0 Å². The molecule has 1 aromatic carbocycles. The second-order valence-corrected chi connectivity index (χ2v) is 5.05. The summed E-state index contributed by atoms with van der Waals surface area (Å²) in [5.74, 6) is 0. The molecule has 2 atom stereocenters. The van der Waals surface area contributed by atoms with Gasteiger partial charge in [-0.2, -0.15) is 0 Å². The van der Waals surface area contributed by atoms with E-state index >= 15 is 0 Å². The van der Waals surface area contributed by atoms with Gasteiger partial charge in [0.05, 0.1) is 0 Å². The summed E-state index contributed by atoms with van der Waals surface area (Å²) in [4.78, 5) is 2.47. The zero-order valence-corrected chi connectivity index (χ0v) is 10.9. The lowest BCUT2D eigenvalue weighted by Gasteiger charge is -2.42. The maximum Gasteiger partial charge on any atom is 0.0455 e. The molecule has 2 nitrogen and oxygen atoms in total. The minimum atomic E-state index is 0.515. The van der Waals surface area contributed by atoms with E-state index in [2.05, 4.69) is 37.1 Å². The van der Waals surface area contributed by atoms with Crippen LogP contribution < -0.4 is 10.2 Å². The van der Waals surface area contributed by atoms with Crippen LogP contribution in [0.25, 0.3) is 0 Å². The van der Waals surface area contributed by atoms with Gasteiger partial charge in [-0.3, -0.25) is 0 Å². The molecule has 88 valence electrons. The molecule has 16 heavy (non-hydrogen) atoms. The number of nitrogens with zero attached hydrogens (tertiary/aromatic N) is 1. The SMILES string of the molecule is Cc1c(Cl)cccc1N1[C@H](C)CNC[C@H]1C. The monoisotopic (exact) mass is 238 g/mol. The van der Waals surface area contributed by atoms with Gasteiger partial charge in [0.15, 0.2) is 0 Å². The molecule has 1 N–H and O–H groups in total. The van der Waals surface area contributed by atoms with Crippen molar-refractivity contribution in [3.63, 3.8) is 0 Å². The number of piperazine rings is 1. The topological polar surface area (TPSA) is 15.3 Å². The first kappa shape index (κ1) is 11.7. The molecule has 0 aromatic heterocycles. The van der Waals surface area contributed by atoms with Gasteiger partial charge in [-0.15, -0.1) is 0 Å². The Labute approximate surface area is 103 Å². The van der Waals surface area contributed by atoms with Gasteiger partial charge in [0, 0.05) is 35.9 Å². The van der Waals surface area contributed by atoms with Gasteiger partial charge in [-0.25, -0.2) is 0 Å². The highest BCUT2D eigenvalue weighted by molar-refractivity contribution is 6.31. The Morgan fingerprint density at radius 2 is 1.88 bits per heavy atom. The minimum Gasteiger partial charge on any atom is -0.363 e. The van der Waals surface area contributed by atoms with Crippen molar-refractivity contribution in [2.75, 3.05) is 18.0 Å². The smallest absolute Gasteiger partial charge is 0.0455 e. The molecule has 0 aliphatic carbocycles. The first-order valence-corrected chi connectivity index (χ1v) is 6.23. The van der Waals surface area contributed by atoms with E-state index in [-0.39, 0.29) is 0 Å². The van der Waals surface area contributed by atoms with Gasteiger partial charge < -0.3 is 10.2 Å². The molecule has 1 aliphatic heterocycles. The highest BCUT2D eigenvalue weighted by Crippen LogP contribution is 2.30. The fraction of sp³-hybridized carbons (Fsp3) is 0.538. The Bertz CT molecular complexity index is 368. The largest absolute Gasteiger partial charge is 0.363 e. The molecule has 0 spiro atoms. The molecule has 1 heterocycles. The maximum atomic E-state index is 6.19. The summed E-state index contributed by atoms with van der Waals surface area (Å²) in [5.41, 5.74) is 2.46. The second kappa shape index (κ2) is 4.64. The molecule has 0 bridgehead atoms. The molecule has 0 amide bonds. The van der Waals surface area contributed by atoms with Gasteiger partial charge in [-0.1, -0.05) is 17.7 Å². The fourth-order valence-electron chi connectivity index (χ4n) is 2.48. The lowest BCUT2D eigenvalue weighted by molar-refractivity contribution is 0.431. The summed E-state index contributed by atoms with van der Waals surface area (Å²) in [6.07, 6.45) is 0. The van der Waals surface area contributed by atoms with Crippen LogP contribution in [0.2, 0.25) is 5.02 Å². The summed E-state index contributed by atoms with van der Waals surface area (Å²) >= 11 is 6.19. The molecule has 1 aromatic rings. The van der Waals surface area contributed by atoms with Crippen molar-refractivity contribution in [2.24, 2.45) is 0 Å². The number of anilines is 1. The average Bonchev–Trinajstić information content (AvgIpc) is 2.24. The second-order valence-electron chi connectivity index (χ2n) is 4.65. The number of hydrogen-bond donors (Lipinski definition) is 1. The quantitative estimate of drug-likeness (QED) is 0.810. The molecule has 1 saturated heterocycles. The lowest BCUT2D eigenvalue weighted by Crippen LogP contribution is -2.55. The number of nitrogens with one attached hydrogen (secondary N) is 1. The Morgan fingerprint density at radius 1 is 1.25 bits per heavy atom. The third-order valence-electron chi connectivity index (χ3n) is 3.35. The zero-order chi connectivity index (χ0) is 11.7. The van der Waals surface area contributed by atoms with E-state index in [1.807, 2.05) is 12.1 Å². The number of rotatable bonds is 1. The summed E-state index contributed by atoms with van der Waals surface area (Å²) in [6, 6.07) is 7.19. The highest BCUT2D eigenvalue weighted by Gasteiger charge is 2.25. The van der Waals surface area contributed by atoms with Crippen LogP contribution in [-0.2, 0) is 0 Å². The summed E-state index contributed by atoms with van der Waals surface area (Å²) in [7, 11) is 0. The molecule has 1 fully saturated rings. The lowest BCUT2D eigenvalue weighted by atomic mass is 10.1. The van der Waals surface area contributed by atoms with Crippen molar-refractivity contribution in [2.45, 2.75) is 32.9 Å². The summed E-state index contributed by atoms with van der Waals surface area (Å²) in [6.45, 7) is 8.68. The van der Waals surface area contributed by atoms with E-state index in [1.165, 1.54) is 11.3 Å². The zero-order valence-electron chi connectivity index (χ0n) is 10.1. The van der Waals surface area contributed by atoms with E-state index in [0.29, 0.717) is 12.1 Å². The van der Waals surface area contributed by atoms with Crippen molar-refractivity contribution in [3.8, 4) is 0 Å². The van der Waals surface area contributed by atoms with Gasteiger partial charge >= 0.3 is 0 Å². The molecule has 1 aliphatic rings. The van der Waals surface area contributed by atoms with Crippen molar-refractivity contribution in [3.05, 3.63) is 28.8 Å². The van der Waals surface area contributed by atoms with Crippen molar-refractivity contribution < 1.29 is 0 Å². The van der Waals surface area contributed by atoms with E-state index in [0.717, 1.165) is 18.1 Å². The van der Waals surface area contributed by atoms with Crippen LogP contribution in [0.3, 0.4) is 0 Å². The molecule has 0 saturated carbocycles. The van der Waals surface area contributed by atoms with E-state index in [4.69, 9.17) is 11.6 Å². The van der Waals surface area contributed by atoms with Gasteiger partial charge in [-0.05, 0) is 38.5 Å². The van der Waals surface area contributed by atoms with Crippen LogP contribution in [0.4, 0.5) is 5.69 Å². The predicted molar refractivity (Wildman–Crippen MR) is 70.5 cm³/mol. The Kier molecular flexibility index (Phi) is 3.41. The molecule has 0 radical (unpaired) electrons. The molecule has 3 heteroatoms. The van der Waals surface area contributed by atoms with Crippen molar-refractivity contribution in [1.82, 2.24) is 5.32 Å². The normalized spacial score (nSPS) is 25.9. The van der Waals surface area contributed by atoms with Crippen LogP contribution >= 0.6 is 11.6 Å². The number of benzene rings is 1. The number of halogens is 1. The Hall–Kier alpha value is -0.730. The van der Waals surface area contributed by atoms with Crippen molar-refractivity contribution in [1.29, 1.82) is 0 Å². The Balaban J connectivity index is 2.38. The molecule has 2 rings (SSSR count).